The number of nitro benzene ring substituents is 1. The van der Waals surface area contributed by atoms with Crippen LogP contribution in [0.2, 0.25) is 0 Å². The van der Waals surface area contributed by atoms with Gasteiger partial charge in [-0.2, -0.15) is 0 Å². The number of benzene rings is 2. The SMILES string of the molecule is Cc1cc(C(=O)CN2C(=O)NC(C)(c3cccc([N+](=O)[O-])c3)C2=O)c(C)n1CCc1ccccc1. The van der Waals surface area contributed by atoms with Crippen LogP contribution in [0.4, 0.5) is 10.5 Å². The summed E-state index contributed by atoms with van der Waals surface area (Å²) in [6.07, 6.45) is 0.805. The van der Waals surface area contributed by atoms with Crippen LogP contribution in [0.15, 0.2) is 60.7 Å². The maximum atomic E-state index is 13.2. The van der Waals surface area contributed by atoms with Crippen LogP contribution in [0.1, 0.15) is 39.8 Å². The number of ketones is 1. The van der Waals surface area contributed by atoms with Crippen molar-refractivity contribution in [2.24, 2.45) is 0 Å². The molecule has 180 valence electrons. The van der Waals surface area contributed by atoms with E-state index in [-0.39, 0.29) is 17.0 Å². The van der Waals surface area contributed by atoms with E-state index in [1.165, 1.54) is 36.8 Å². The van der Waals surface area contributed by atoms with Crippen molar-refractivity contribution in [3.8, 4) is 0 Å². The molecule has 1 aliphatic rings. The second kappa shape index (κ2) is 9.17. The van der Waals surface area contributed by atoms with Gasteiger partial charge in [0.25, 0.3) is 11.6 Å². The molecular formula is C26H26N4O5. The first-order chi connectivity index (χ1) is 16.6. The molecule has 0 radical (unpaired) electrons. The number of imide groups is 1. The first-order valence-electron chi connectivity index (χ1n) is 11.2. The monoisotopic (exact) mass is 474 g/mol. The summed E-state index contributed by atoms with van der Waals surface area (Å²) in [7, 11) is 0. The molecule has 2 heterocycles. The Bertz CT molecular complexity index is 1330. The van der Waals surface area contributed by atoms with Crippen molar-refractivity contribution in [3.05, 3.63) is 98.9 Å². The van der Waals surface area contributed by atoms with Crippen molar-refractivity contribution in [1.82, 2.24) is 14.8 Å². The van der Waals surface area contributed by atoms with Gasteiger partial charge in [0.15, 0.2) is 5.78 Å². The molecule has 1 atom stereocenters. The van der Waals surface area contributed by atoms with Crippen molar-refractivity contribution in [1.29, 1.82) is 0 Å². The van der Waals surface area contributed by atoms with Crippen LogP contribution in [0.5, 0.6) is 0 Å². The fraction of sp³-hybridized carbons (Fsp3) is 0.269. The lowest BCUT2D eigenvalue weighted by molar-refractivity contribution is -0.385. The van der Waals surface area contributed by atoms with E-state index in [1.54, 1.807) is 6.07 Å². The lowest BCUT2D eigenvalue weighted by Gasteiger charge is -2.22. The summed E-state index contributed by atoms with van der Waals surface area (Å²) in [6, 6.07) is 16.7. The number of carbonyl (C=O) groups is 3. The molecule has 0 aliphatic carbocycles. The molecule has 1 N–H and O–H groups in total. The highest BCUT2D eigenvalue weighted by Crippen LogP contribution is 2.31. The molecule has 1 aliphatic heterocycles. The van der Waals surface area contributed by atoms with Gasteiger partial charge < -0.3 is 9.88 Å². The number of amides is 3. The molecule has 9 nitrogen and oxygen atoms in total. The minimum atomic E-state index is -1.50. The topological polar surface area (TPSA) is 115 Å². The van der Waals surface area contributed by atoms with Crippen LogP contribution in [0.25, 0.3) is 0 Å². The Kier molecular flexibility index (Phi) is 6.26. The number of hydrogen-bond acceptors (Lipinski definition) is 5. The number of Topliss-reactive ketones (excluding diaryl/α,β-unsaturated/α-hetero) is 1. The number of carbonyl (C=O) groups excluding carboxylic acids is 3. The van der Waals surface area contributed by atoms with Gasteiger partial charge in [-0.1, -0.05) is 42.5 Å². The van der Waals surface area contributed by atoms with Crippen LogP contribution < -0.4 is 5.32 Å². The molecule has 2 aromatic carbocycles. The summed E-state index contributed by atoms with van der Waals surface area (Å²) in [6.45, 7) is 5.53. The van der Waals surface area contributed by atoms with Gasteiger partial charge in [0.1, 0.15) is 5.54 Å². The highest BCUT2D eigenvalue weighted by atomic mass is 16.6. The number of nitrogens with zero attached hydrogens (tertiary/aromatic N) is 3. The Hall–Kier alpha value is -4.27. The molecule has 1 aromatic heterocycles. The molecule has 1 saturated heterocycles. The number of nitro groups is 1. The van der Waals surface area contributed by atoms with E-state index in [9.17, 15) is 24.5 Å². The highest BCUT2D eigenvalue weighted by molar-refractivity contribution is 6.11. The molecule has 3 amide bonds. The molecule has 0 spiro atoms. The molecule has 4 rings (SSSR count). The Morgan fingerprint density at radius 1 is 1.06 bits per heavy atom. The first-order valence-corrected chi connectivity index (χ1v) is 11.2. The Balaban J connectivity index is 1.52. The fourth-order valence-corrected chi connectivity index (χ4v) is 4.51. The van der Waals surface area contributed by atoms with E-state index in [1.807, 2.05) is 32.0 Å². The van der Waals surface area contributed by atoms with Gasteiger partial charge in [0.2, 0.25) is 0 Å². The number of rotatable bonds is 8. The summed E-state index contributed by atoms with van der Waals surface area (Å²) in [4.78, 5) is 50.5. The highest BCUT2D eigenvalue weighted by Gasteiger charge is 2.50. The van der Waals surface area contributed by atoms with Gasteiger partial charge in [-0.3, -0.25) is 24.6 Å². The van der Waals surface area contributed by atoms with Crippen molar-refractivity contribution >= 4 is 23.4 Å². The maximum Gasteiger partial charge on any atom is 0.325 e. The summed E-state index contributed by atoms with van der Waals surface area (Å²) >= 11 is 0. The van der Waals surface area contributed by atoms with Crippen LogP contribution in [0.3, 0.4) is 0 Å². The number of aryl methyl sites for hydroxylation is 2. The lowest BCUT2D eigenvalue weighted by atomic mass is 9.91. The average molecular weight is 475 g/mol. The number of urea groups is 1. The van der Waals surface area contributed by atoms with Gasteiger partial charge in [0.05, 0.1) is 11.5 Å². The minimum Gasteiger partial charge on any atom is -0.348 e. The smallest absolute Gasteiger partial charge is 0.325 e. The second-order valence-corrected chi connectivity index (χ2v) is 8.85. The van der Waals surface area contributed by atoms with Gasteiger partial charge in [0, 0.05) is 35.6 Å². The zero-order valence-electron chi connectivity index (χ0n) is 19.8. The van der Waals surface area contributed by atoms with Crippen LogP contribution >= 0.6 is 0 Å². The Morgan fingerprint density at radius 2 is 1.77 bits per heavy atom. The zero-order chi connectivity index (χ0) is 25.3. The van der Waals surface area contributed by atoms with E-state index in [0.717, 1.165) is 22.7 Å². The third kappa shape index (κ3) is 4.44. The van der Waals surface area contributed by atoms with E-state index < -0.39 is 28.9 Å². The summed E-state index contributed by atoms with van der Waals surface area (Å²) < 4.78 is 2.05. The van der Waals surface area contributed by atoms with E-state index in [4.69, 9.17) is 0 Å². The third-order valence-corrected chi connectivity index (χ3v) is 6.55. The second-order valence-electron chi connectivity index (χ2n) is 8.85. The van der Waals surface area contributed by atoms with Crippen LogP contribution in [-0.2, 0) is 23.3 Å². The molecule has 1 fully saturated rings. The first kappa shape index (κ1) is 23.9. The maximum absolute atomic E-state index is 13.2. The number of aromatic nitrogens is 1. The average Bonchev–Trinajstić information content (AvgIpc) is 3.25. The Morgan fingerprint density at radius 3 is 2.46 bits per heavy atom. The van der Waals surface area contributed by atoms with Gasteiger partial charge in [-0.15, -0.1) is 0 Å². The van der Waals surface area contributed by atoms with E-state index >= 15 is 0 Å². The van der Waals surface area contributed by atoms with Crippen molar-refractivity contribution < 1.29 is 19.3 Å². The lowest BCUT2D eigenvalue weighted by Crippen LogP contribution is -2.41. The largest absolute Gasteiger partial charge is 0.348 e. The predicted molar refractivity (Wildman–Crippen MR) is 129 cm³/mol. The quantitative estimate of drug-likeness (QED) is 0.230. The molecule has 3 aromatic rings. The normalized spacial score (nSPS) is 17.5. The standard InChI is InChI=1S/C26H26N4O5/c1-17-14-22(18(2)28(17)13-12-19-8-5-4-6-9-19)23(31)16-29-24(32)26(3,27-25(29)33)20-10-7-11-21(15-20)30(34)35/h4-11,14-15H,12-13,16H2,1-3H3,(H,27,33). The summed E-state index contributed by atoms with van der Waals surface area (Å²) in [5.74, 6) is -0.981. The summed E-state index contributed by atoms with van der Waals surface area (Å²) in [5.41, 5.74) is 1.92. The molecule has 0 bridgehead atoms. The van der Waals surface area contributed by atoms with Crippen molar-refractivity contribution in [3.63, 3.8) is 0 Å². The Labute approximate surface area is 202 Å². The van der Waals surface area contributed by atoms with Crippen LogP contribution in [0, 0.1) is 24.0 Å². The number of nitrogens with one attached hydrogen (secondary N) is 1. The van der Waals surface area contributed by atoms with Gasteiger partial charge >= 0.3 is 6.03 Å². The van der Waals surface area contributed by atoms with Gasteiger partial charge in [-0.05, 0) is 44.4 Å². The molecule has 1 unspecified atom stereocenters. The number of non-ortho nitro benzene ring substituents is 1. The molecule has 9 heteroatoms. The van der Waals surface area contributed by atoms with Crippen molar-refractivity contribution in [2.75, 3.05) is 6.54 Å². The summed E-state index contributed by atoms with van der Waals surface area (Å²) in [5, 5.41) is 13.7. The molecule has 35 heavy (non-hydrogen) atoms. The van der Waals surface area contributed by atoms with E-state index in [0.29, 0.717) is 12.1 Å². The molecule has 0 saturated carbocycles. The van der Waals surface area contributed by atoms with E-state index in [2.05, 4.69) is 22.0 Å². The minimum absolute atomic E-state index is 0.191. The fourth-order valence-electron chi connectivity index (χ4n) is 4.51. The third-order valence-electron chi connectivity index (χ3n) is 6.55. The molecular weight excluding hydrogens is 448 g/mol. The van der Waals surface area contributed by atoms with Crippen molar-refractivity contribution in [2.45, 2.75) is 39.3 Å². The van der Waals surface area contributed by atoms with Gasteiger partial charge in [-0.25, -0.2) is 4.79 Å². The zero-order valence-corrected chi connectivity index (χ0v) is 19.8. The number of hydrogen-bond donors (Lipinski definition) is 1. The predicted octanol–water partition coefficient (Wildman–Crippen LogP) is 3.91. The van der Waals surface area contributed by atoms with Crippen LogP contribution in [-0.4, -0.2) is 38.7 Å².